The molecule has 0 unspecified atom stereocenters. The van der Waals surface area contributed by atoms with Gasteiger partial charge in [0.05, 0.1) is 11.1 Å². The van der Waals surface area contributed by atoms with Crippen molar-refractivity contribution in [2.45, 2.75) is 26.2 Å². The van der Waals surface area contributed by atoms with Gasteiger partial charge in [0.2, 0.25) is 0 Å². The highest BCUT2D eigenvalue weighted by molar-refractivity contribution is 5.88. The first-order chi connectivity index (χ1) is 14.8. The summed E-state index contributed by atoms with van der Waals surface area (Å²) in [7, 11) is 0. The number of alkyl halides is 6. The molecule has 2 heterocycles. The van der Waals surface area contributed by atoms with Crippen LogP contribution in [0.1, 0.15) is 22.5 Å². The van der Waals surface area contributed by atoms with Crippen LogP contribution in [-0.2, 0) is 12.4 Å². The first-order valence-corrected chi connectivity index (χ1v) is 9.12. The van der Waals surface area contributed by atoms with Crippen LogP contribution in [0.5, 0.6) is 11.5 Å². The van der Waals surface area contributed by atoms with E-state index in [1.807, 2.05) is 0 Å². The third kappa shape index (κ3) is 5.67. The predicted molar refractivity (Wildman–Crippen MR) is 112 cm³/mol. The molecule has 0 aliphatic carbocycles. The molecule has 0 bridgehead atoms. The number of phenolic OH excluding ortho intramolecular Hbond substituents is 2. The molecule has 0 aliphatic heterocycles. The van der Waals surface area contributed by atoms with Gasteiger partial charge in [-0.2, -0.15) is 26.3 Å². The van der Waals surface area contributed by atoms with Crippen molar-refractivity contribution in [3.63, 3.8) is 0 Å². The average Bonchev–Trinajstić information content (AvgIpc) is 2.68. The maximum absolute atomic E-state index is 12.6. The van der Waals surface area contributed by atoms with E-state index in [-0.39, 0.29) is 50.7 Å². The van der Waals surface area contributed by atoms with Gasteiger partial charge in [0.25, 0.3) is 0 Å². The molecule has 0 saturated heterocycles. The molecule has 4 aromatic rings. The lowest BCUT2D eigenvalue weighted by Gasteiger charge is -2.11. The number of aromatic hydroxyl groups is 2. The highest BCUT2D eigenvalue weighted by atomic mass is 27.0. The van der Waals surface area contributed by atoms with E-state index in [1.165, 1.54) is 24.3 Å². The number of aryl methyl sites for hydroxylation is 2. The Bertz CT molecular complexity index is 1210. The molecule has 33 heavy (non-hydrogen) atoms. The Morgan fingerprint density at radius 2 is 0.909 bits per heavy atom. The number of benzene rings is 2. The number of nitrogens with zero attached hydrogens (tertiary/aromatic N) is 2. The summed E-state index contributed by atoms with van der Waals surface area (Å²) < 4.78 is 75.8. The molecular formula is C22H16AlF6N2O2. The van der Waals surface area contributed by atoms with Gasteiger partial charge in [0, 0.05) is 39.5 Å². The van der Waals surface area contributed by atoms with Gasteiger partial charge < -0.3 is 10.2 Å². The third-order valence-corrected chi connectivity index (χ3v) is 4.56. The second kappa shape index (κ2) is 9.45. The van der Waals surface area contributed by atoms with Crippen LogP contribution in [0.4, 0.5) is 26.3 Å². The molecule has 4 rings (SSSR count). The standard InChI is InChI=1S/2C11H8F3NO.Al/c2*1-6-2-3-7-8(11(12,13)14)4-5-9(16)10(7)15-6;/h2*2-5,16H,1H3;. The fourth-order valence-corrected chi connectivity index (χ4v) is 3.09. The van der Waals surface area contributed by atoms with Gasteiger partial charge >= 0.3 is 12.4 Å². The largest absolute Gasteiger partial charge is 0.506 e. The fourth-order valence-electron chi connectivity index (χ4n) is 3.09. The lowest BCUT2D eigenvalue weighted by atomic mass is 10.1. The van der Waals surface area contributed by atoms with E-state index in [4.69, 9.17) is 0 Å². The number of hydrogen-bond acceptors (Lipinski definition) is 4. The fraction of sp³-hybridized carbons (Fsp3) is 0.182. The molecule has 0 aliphatic rings. The molecule has 2 N–H and O–H groups in total. The second-order valence-corrected chi connectivity index (χ2v) is 6.96. The van der Waals surface area contributed by atoms with Gasteiger partial charge in [-0.3, -0.25) is 0 Å². The lowest BCUT2D eigenvalue weighted by molar-refractivity contribution is -0.137. The minimum atomic E-state index is -4.44. The van der Waals surface area contributed by atoms with Gasteiger partial charge in [0.15, 0.2) is 0 Å². The van der Waals surface area contributed by atoms with Gasteiger partial charge in [-0.05, 0) is 50.2 Å². The zero-order chi connectivity index (χ0) is 23.8. The number of phenols is 2. The molecule has 4 nitrogen and oxygen atoms in total. The van der Waals surface area contributed by atoms with E-state index in [0.717, 1.165) is 24.3 Å². The van der Waals surface area contributed by atoms with Crippen LogP contribution in [-0.4, -0.2) is 37.5 Å². The Morgan fingerprint density at radius 3 is 1.21 bits per heavy atom. The van der Waals surface area contributed by atoms with E-state index in [9.17, 15) is 36.6 Å². The van der Waals surface area contributed by atoms with Gasteiger partial charge in [-0.1, -0.05) is 12.1 Å². The SMILES string of the molecule is Cc1ccc2c(C(F)(F)F)ccc(O)c2n1.Cc1ccc2c(C(F)(F)F)ccc(O)c2n1.[Al]. The van der Waals surface area contributed by atoms with Crippen molar-refractivity contribution in [2.75, 3.05) is 0 Å². The lowest BCUT2D eigenvalue weighted by Crippen LogP contribution is -2.06. The first-order valence-electron chi connectivity index (χ1n) is 9.12. The summed E-state index contributed by atoms with van der Waals surface area (Å²) in [6.45, 7) is 3.30. The molecule has 171 valence electrons. The molecule has 2 aromatic carbocycles. The molecule has 0 fully saturated rings. The molecule has 11 heteroatoms. The van der Waals surface area contributed by atoms with Gasteiger partial charge in [0.1, 0.15) is 22.5 Å². The van der Waals surface area contributed by atoms with Crippen molar-refractivity contribution in [1.29, 1.82) is 0 Å². The highest BCUT2D eigenvalue weighted by Gasteiger charge is 2.34. The van der Waals surface area contributed by atoms with Crippen molar-refractivity contribution in [3.8, 4) is 11.5 Å². The summed E-state index contributed by atoms with van der Waals surface area (Å²) in [6.07, 6.45) is -8.88. The molecule has 0 spiro atoms. The van der Waals surface area contributed by atoms with Crippen molar-refractivity contribution < 1.29 is 36.6 Å². The summed E-state index contributed by atoms with van der Waals surface area (Å²) >= 11 is 0. The number of halogens is 6. The van der Waals surface area contributed by atoms with E-state index in [1.54, 1.807) is 13.8 Å². The predicted octanol–water partition coefficient (Wildman–Crippen LogP) is 6.15. The number of fused-ring (bicyclic) bond motifs is 2. The van der Waals surface area contributed by atoms with Crippen LogP contribution >= 0.6 is 0 Å². The van der Waals surface area contributed by atoms with Crippen molar-refractivity contribution >= 4 is 39.2 Å². The summed E-state index contributed by atoms with van der Waals surface area (Å²) in [5.74, 6) is -0.488. The molecule has 3 radical (unpaired) electrons. The third-order valence-electron chi connectivity index (χ3n) is 4.56. The first kappa shape index (κ1) is 26.2. The average molecular weight is 481 g/mol. The van der Waals surface area contributed by atoms with Gasteiger partial charge in [-0.15, -0.1) is 0 Å². The van der Waals surface area contributed by atoms with Crippen LogP contribution in [0.2, 0.25) is 0 Å². The van der Waals surface area contributed by atoms with Crippen LogP contribution in [0.25, 0.3) is 21.8 Å². The van der Waals surface area contributed by atoms with E-state index < -0.39 is 23.5 Å². The van der Waals surface area contributed by atoms with Crippen molar-refractivity contribution in [1.82, 2.24) is 9.97 Å². The van der Waals surface area contributed by atoms with Crippen LogP contribution in [0, 0.1) is 13.8 Å². The molecule has 0 saturated carbocycles. The summed E-state index contributed by atoms with van der Waals surface area (Å²) in [6, 6.07) is 9.34. The van der Waals surface area contributed by atoms with E-state index in [0.29, 0.717) is 11.4 Å². The van der Waals surface area contributed by atoms with Gasteiger partial charge in [-0.25, -0.2) is 9.97 Å². The molecule has 0 atom stereocenters. The Morgan fingerprint density at radius 1 is 0.576 bits per heavy atom. The number of pyridine rings is 2. The summed E-state index contributed by atoms with van der Waals surface area (Å²) in [5.41, 5.74) is -0.491. The molecule has 2 aromatic heterocycles. The Hall–Kier alpha value is -3.03. The smallest absolute Gasteiger partial charge is 0.417 e. The van der Waals surface area contributed by atoms with Crippen LogP contribution in [0.15, 0.2) is 48.5 Å². The minimum Gasteiger partial charge on any atom is -0.506 e. The monoisotopic (exact) mass is 481 g/mol. The quantitative estimate of drug-likeness (QED) is 0.233. The van der Waals surface area contributed by atoms with Crippen LogP contribution < -0.4 is 0 Å². The molecule has 0 amide bonds. The Labute approximate surface area is 194 Å². The summed E-state index contributed by atoms with van der Waals surface area (Å²) in [4.78, 5) is 7.80. The van der Waals surface area contributed by atoms with E-state index in [2.05, 4.69) is 9.97 Å². The summed E-state index contributed by atoms with van der Waals surface area (Å²) in [5, 5.41) is 18.7. The Balaban J connectivity index is 0.000000227. The second-order valence-electron chi connectivity index (χ2n) is 6.96. The maximum atomic E-state index is 12.6. The Kier molecular flexibility index (Phi) is 7.51. The number of aromatic nitrogens is 2. The van der Waals surface area contributed by atoms with Crippen LogP contribution in [0.3, 0.4) is 0 Å². The topological polar surface area (TPSA) is 66.2 Å². The number of rotatable bonds is 0. The van der Waals surface area contributed by atoms with Crippen molar-refractivity contribution in [2.24, 2.45) is 0 Å². The maximum Gasteiger partial charge on any atom is 0.417 e. The van der Waals surface area contributed by atoms with E-state index >= 15 is 0 Å². The zero-order valence-corrected chi connectivity index (χ0v) is 18.4. The number of hydrogen-bond donors (Lipinski definition) is 2. The van der Waals surface area contributed by atoms with Crippen molar-refractivity contribution in [3.05, 3.63) is 71.0 Å². The zero-order valence-electron chi connectivity index (χ0n) is 17.3. The minimum absolute atomic E-state index is 0. The molecular weight excluding hydrogens is 465 g/mol. The highest BCUT2D eigenvalue weighted by Crippen LogP contribution is 2.38. The normalized spacial score (nSPS) is 11.6.